The number of tetrazole rings is 1. The van der Waals surface area contributed by atoms with Crippen LogP contribution in [0.1, 0.15) is 11.7 Å². The van der Waals surface area contributed by atoms with Gasteiger partial charge in [0.15, 0.2) is 12.4 Å². The maximum absolute atomic E-state index is 5.84. The standard InChI is InChI=1S/C17H13ClN6O2S/c18-12-6-8-14(9-7-12)25-10-16-20-21-17(26-16)27-11-15-19-22-23-24(15)13-4-2-1-3-5-13/h1-9H,10-11H2. The summed E-state index contributed by atoms with van der Waals surface area (Å²) >= 11 is 7.20. The summed E-state index contributed by atoms with van der Waals surface area (Å²) in [7, 11) is 0. The Labute approximate surface area is 163 Å². The van der Waals surface area contributed by atoms with Crippen LogP contribution in [0.3, 0.4) is 0 Å². The molecule has 0 saturated carbocycles. The molecular formula is C17H13ClN6O2S. The summed E-state index contributed by atoms with van der Waals surface area (Å²) in [5.74, 6) is 2.23. The van der Waals surface area contributed by atoms with E-state index >= 15 is 0 Å². The Hall–Kier alpha value is -2.91. The third-order valence-electron chi connectivity index (χ3n) is 3.48. The quantitative estimate of drug-likeness (QED) is 0.435. The number of hydrogen-bond donors (Lipinski definition) is 0. The molecule has 0 aliphatic heterocycles. The van der Waals surface area contributed by atoms with Gasteiger partial charge in [0, 0.05) is 5.02 Å². The van der Waals surface area contributed by atoms with Crippen LogP contribution >= 0.6 is 23.4 Å². The Morgan fingerprint density at radius 1 is 1.00 bits per heavy atom. The molecule has 2 heterocycles. The smallest absolute Gasteiger partial charge is 0.277 e. The van der Waals surface area contributed by atoms with Crippen LogP contribution < -0.4 is 4.74 Å². The first kappa shape index (κ1) is 17.5. The predicted octanol–water partition coefficient (Wildman–Crippen LogP) is 3.57. The molecule has 0 unspecified atom stereocenters. The van der Waals surface area contributed by atoms with Crippen LogP contribution in [0.4, 0.5) is 0 Å². The first-order valence-corrected chi connectivity index (χ1v) is 9.30. The zero-order valence-electron chi connectivity index (χ0n) is 13.9. The summed E-state index contributed by atoms with van der Waals surface area (Å²) in [6.45, 7) is 0.178. The van der Waals surface area contributed by atoms with Gasteiger partial charge < -0.3 is 9.15 Å². The van der Waals surface area contributed by atoms with Gasteiger partial charge in [-0.3, -0.25) is 0 Å². The predicted molar refractivity (Wildman–Crippen MR) is 98.8 cm³/mol. The third kappa shape index (κ3) is 4.44. The average Bonchev–Trinajstić information content (AvgIpc) is 3.36. The molecule has 0 aliphatic carbocycles. The molecule has 0 N–H and O–H groups in total. The van der Waals surface area contributed by atoms with Gasteiger partial charge >= 0.3 is 0 Å². The lowest BCUT2D eigenvalue weighted by Gasteiger charge is -2.03. The Balaban J connectivity index is 1.35. The zero-order chi connectivity index (χ0) is 18.5. The summed E-state index contributed by atoms with van der Waals surface area (Å²) in [6, 6.07) is 16.7. The van der Waals surface area contributed by atoms with E-state index in [0.717, 1.165) is 5.69 Å². The van der Waals surface area contributed by atoms with E-state index in [9.17, 15) is 0 Å². The molecule has 2 aromatic carbocycles. The van der Waals surface area contributed by atoms with Gasteiger partial charge in [0.1, 0.15) is 5.75 Å². The van der Waals surface area contributed by atoms with Gasteiger partial charge in [-0.1, -0.05) is 41.6 Å². The highest BCUT2D eigenvalue weighted by molar-refractivity contribution is 7.98. The SMILES string of the molecule is Clc1ccc(OCc2nnc(SCc3nnnn3-c3ccccc3)o2)cc1. The van der Waals surface area contributed by atoms with Crippen molar-refractivity contribution in [3.05, 3.63) is 71.3 Å². The fourth-order valence-corrected chi connectivity index (χ4v) is 3.03. The van der Waals surface area contributed by atoms with Crippen molar-refractivity contribution < 1.29 is 9.15 Å². The van der Waals surface area contributed by atoms with Crippen molar-refractivity contribution in [1.82, 2.24) is 30.4 Å². The summed E-state index contributed by atoms with van der Waals surface area (Å²) < 4.78 is 12.8. The minimum Gasteiger partial charge on any atom is -0.484 e. The van der Waals surface area contributed by atoms with Gasteiger partial charge in [0.2, 0.25) is 0 Å². The van der Waals surface area contributed by atoms with E-state index in [1.807, 2.05) is 30.3 Å². The van der Waals surface area contributed by atoms with Gasteiger partial charge in [-0.15, -0.1) is 15.3 Å². The molecule has 27 heavy (non-hydrogen) atoms. The number of nitrogens with zero attached hydrogens (tertiary/aromatic N) is 6. The molecule has 2 aromatic heterocycles. The second kappa shape index (κ2) is 8.19. The molecule has 4 aromatic rings. The number of para-hydroxylation sites is 1. The summed E-state index contributed by atoms with van der Waals surface area (Å²) in [6.07, 6.45) is 0. The number of thioether (sulfide) groups is 1. The van der Waals surface area contributed by atoms with Crippen LogP contribution in [0.25, 0.3) is 5.69 Å². The van der Waals surface area contributed by atoms with Crippen LogP contribution in [0.15, 0.2) is 64.2 Å². The largest absolute Gasteiger partial charge is 0.484 e. The second-order valence-corrected chi connectivity index (χ2v) is 6.70. The molecule has 0 spiro atoms. The molecule has 8 nitrogen and oxygen atoms in total. The summed E-state index contributed by atoms with van der Waals surface area (Å²) in [4.78, 5) is 0. The van der Waals surface area contributed by atoms with Crippen LogP contribution in [-0.2, 0) is 12.4 Å². The van der Waals surface area contributed by atoms with E-state index in [0.29, 0.717) is 33.5 Å². The molecule has 0 fully saturated rings. The Kier molecular flexibility index (Phi) is 5.31. The number of halogens is 1. The van der Waals surface area contributed by atoms with Crippen molar-refractivity contribution >= 4 is 23.4 Å². The van der Waals surface area contributed by atoms with Crippen molar-refractivity contribution in [2.24, 2.45) is 0 Å². The Morgan fingerprint density at radius 3 is 2.63 bits per heavy atom. The van der Waals surface area contributed by atoms with E-state index in [-0.39, 0.29) is 6.61 Å². The van der Waals surface area contributed by atoms with Gasteiger partial charge in [0.25, 0.3) is 11.1 Å². The Bertz CT molecular complexity index is 1010. The first-order chi connectivity index (χ1) is 13.3. The van der Waals surface area contributed by atoms with Gasteiger partial charge in [-0.2, -0.15) is 4.68 Å². The molecule has 0 saturated heterocycles. The topological polar surface area (TPSA) is 91.8 Å². The molecule has 4 rings (SSSR count). The molecule has 10 heteroatoms. The van der Waals surface area contributed by atoms with Gasteiger partial charge in [-0.25, -0.2) is 0 Å². The molecule has 0 radical (unpaired) electrons. The molecule has 0 amide bonds. The highest BCUT2D eigenvalue weighted by Gasteiger charge is 2.12. The van der Waals surface area contributed by atoms with E-state index in [2.05, 4.69) is 25.7 Å². The average molecular weight is 401 g/mol. The Morgan fingerprint density at radius 2 is 1.81 bits per heavy atom. The fraction of sp³-hybridized carbons (Fsp3) is 0.118. The molecule has 0 bridgehead atoms. The highest BCUT2D eigenvalue weighted by Crippen LogP contribution is 2.22. The maximum Gasteiger partial charge on any atom is 0.277 e. The van der Waals surface area contributed by atoms with E-state index in [1.165, 1.54) is 11.8 Å². The van der Waals surface area contributed by atoms with Crippen molar-refractivity contribution in [1.29, 1.82) is 0 Å². The van der Waals surface area contributed by atoms with Crippen molar-refractivity contribution in [3.63, 3.8) is 0 Å². The van der Waals surface area contributed by atoms with Crippen molar-refractivity contribution in [2.45, 2.75) is 17.6 Å². The number of benzene rings is 2. The van der Waals surface area contributed by atoms with E-state index in [1.54, 1.807) is 28.9 Å². The lowest BCUT2D eigenvalue weighted by atomic mass is 10.3. The van der Waals surface area contributed by atoms with E-state index in [4.69, 9.17) is 20.8 Å². The third-order valence-corrected chi connectivity index (χ3v) is 4.55. The van der Waals surface area contributed by atoms with Crippen molar-refractivity contribution in [2.75, 3.05) is 0 Å². The van der Waals surface area contributed by atoms with Crippen LogP contribution in [-0.4, -0.2) is 30.4 Å². The maximum atomic E-state index is 5.84. The normalized spacial score (nSPS) is 10.9. The van der Waals surface area contributed by atoms with Crippen LogP contribution in [0, 0.1) is 0 Å². The molecule has 136 valence electrons. The molecule has 0 aliphatic rings. The lowest BCUT2D eigenvalue weighted by Crippen LogP contribution is -2.01. The fourth-order valence-electron chi connectivity index (χ4n) is 2.22. The van der Waals surface area contributed by atoms with Gasteiger partial charge in [-0.05, 0) is 46.8 Å². The van der Waals surface area contributed by atoms with Crippen LogP contribution in [0.2, 0.25) is 5.02 Å². The lowest BCUT2D eigenvalue weighted by molar-refractivity contribution is 0.252. The summed E-state index contributed by atoms with van der Waals surface area (Å²) in [5, 5.41) is 20.9. The minimum absolute atomic E-state index is 0.178. The van der Waals surface area contributed by atoms with Crippen molar-refractivity contribution in [3.8, 4) is 11.4 Å². The minimum atomic E-state index is 0.178. The zero-order valence-corrected chi connectivity index (χ0v) is 15.5. The monoisotopic (exact) mass is 400 g/mol. The number of rotatable bonds is 7. The van der Waals surface area contributed by atoms with E-state index < -0.39 is 0 Å². The number of ether oxygens (including phenoxy) is 1. The highest BCUT2D eigenvalue weighted by atomic mass is 35.5. The second-order valence-electron chi connectivity index (χ2n) is 5.34. The number of aromatic nitrogens is 6. The first-order valence-electron chi connectivity index (χ1n) is 7.94. The number of hydrogen-bond acceptors (Lipinski definition) is 8. The van der Waals surface area contributed by atoms with Gasteiger partial charge in [0.05, 0.1) is 11.4 Å². The molecule has 0 atom stereocenters. The molecular weight excluding hydrogens is 388 g/mol. The summed E-state index contributed by atoms with van der Waals surface area (Å²) in [5.41, 5.74) is 0.890. The van der Waals surface area contributed by atoms with Crippen LogP contribution in [0.5, 0.6) is 5.75 Å².